The summed E-state index contributed by atoms with van der Waals surface area (Å²) < 4.78 is 29.0. The maximum absolute atomic E-state index is 14.2. The molecule has 1 N–H and O–H groups in total. The minimum Gasteiger partial charge on any atom is -0.350 e. The summed E-state index contributed by atoms with van der Waals surface area (Å²) in [6.45, 7) is 8.39. The SMILES string of the molecule is CC[C@@H](C(=O)NC(C)(C)C)N(Cc1c(Cl)cccc1Cl)C(=O)CN(c1ccccc1C)S(=O)(=O)c1ccc(Cl)cc1. The first-order chi connectivity index (χ1) is 19.2. The number of aryl methyl sites for hydroxylation is 1. The third-order valence-corrected chi connectivity index (χ3v) is 9.07. The number of benzene rings is 3. The highest BCUT2D eigenvalue weighted by molar-refractivity contribution is 7.92. The van der Waals surface area contributed by atoms with Crippen LogP contribution in [0.3, 0.4) is 0 Å². The molecule has 3 aromatic carbocycles. The second-order valence-electron chi connectivity index (χ2n) is 10.6. The van der Waals surface area contributed by atoms with Crippen LogP contribution in [0.15, 0.2) is 71.6 Å². The predicted octanol–water partition coefficient (Wildman–Crippen LogP) is 6.87. The van der Waals surface area contributed by atoms with Crippen LogP contribution >= 0.6 is 34.8 Å². The Morgan fingerprint density at radius 2 is 1.49 bits per heavy atom. The number of para-hydroxylation sites is 1. The molecule has 2 amide bonds. The molecule has 0 unspecified atom stereocenters. The van der Waals surface area contributed by atoms with E-state index in [9.17, 15) is 18.0 Å². The summed E-state index contributed by atoms with van der Waals surface area (Å²) in [7, 11) is -4.22. The Bertz CT molecular complexity index is 1490. The molecule has 0 spiro atoms. The van der Waals surface area contributed by atoms with Crippen LogP contribution < -0.4 is 9.62 Å². The van der Waals surface area contributed by atoms with Gasteiger partial charge in [-0.1, -0.05) is 66.0 Å². The van der Waals surface area contributed by atoms with Gasteiger partial charge >= 0.3 is 0 Å². The van der Waals surface area contributed by atoms with Crippen LogP contribution in [0.2, 0.25) is 15.1 Å². The van der Waals surface area contributed by atoms with Crippen molar-refractivity contribution >= 4 is 62.3 Å². The van der Waals surface area contributed by atoms with Crippen LogP contribution in [0.5, 0.6) is 0 Å². The Morgan fingerprint density at radius 1 is 0.902 bits per heavy atom. The van der Waals surface area contributed by atoms with Crippen LogP contribution in [0.1, 0.15) is 45.2 Å². The lowest BCUT2D eigenvalue weighted by Crippen LogP contribution is -2.55. The van der Waals surface area contributed by atoms with Crippen molar-refractivity contribution in [2.45, 2.75) is 64.1 Å². The van der Waals surface area contributed by atoms with Crippen molar-refractivity contribution in [1.82, 2.24) is 10.2 Å². The third-order valence-electron chi connectivity index (χ3n) is 6.34. The predicted molar refractivity (Wildman–Crippen MR) is 166 cm³/mol. The molecule has 220 valence electrons. The summed E-state index contributed by atoms with van der Waals surface area (Å²) in [4.78, 5) is 29.0. The molecule has 0 aliphatic heterocycles. The molecule has 11 heteroatoms. The number of hydrogen-bond donors (Lipinski definition) is 1. The van der Waals surface area contributed by atoms with Crippen molar-refractivity contribution in [3.05, 3.63) is 92.9 Å². The minimum atomic E-state index is -4.22. The van der Waals surface area contributed by atoms with E-state index in [4.69, 9.17) is 34.8 Å². The van der Waals surface area contributed by atoms with E-state index in [1.807, 2.05) is 20.8 Å². The van der Waals surface area contributed by atoms with E-state index in [2.05, 4.69) is 5.32 Å². The summed E-state index contributed by atoms with van der Waals surface area (Å²) in [5, 5.41) is 3.96. The Morgan fingerprint density at radius 3 is 2.02 bits per heavy atom. The second-order valence-corrected chi connectivity index (χ2v) is 13.8. The van der Waals surface area contributed by atoms with E-state index < -0.39 is 34.1 Å². The molecule has 0 aliphatic rings. The number of halogens is 3. The van der Waals surface area contributed by atoms with Gasteiger partial charge in [0.1, 0.15) is 12.6 Å². The van der Waals surface area contributed by atoms with Gasteiger partial charge in [0.2, 0.25) is 11.8 Å². The fraction of sp³-hybridized carbons (Fsp3) is 0.333. The molecule has 3 rings (SSSR count). The van der Waals surface area contributed by atoms with Crippen molar-refractivity contribution < 1.29 is 18.0 Å². The van der Waals surface area contributed by atoms with Crippen LogP contribution in [-0.2, 0) is 26.2 Å². The molecule has 1 atom stereocenters. The van der Waals surface area contributed by atoms with Gasteiger partial charge in [-0.05, 0) is 82.1 Å². The van der Waals surface area contributed by atoms with Crippen molar-refractivity contribution in [2.75, 3.05) is 10.8 Å². The Labute approximate surface area is 257 Å². The minimum absolute atomic E-state index is 0.0313. The number of anilines is 1. The monoisotopic (exact) mass is 637 g/mol. The van der Waals surface area contributed by atoms with Gasteiger partial charge < -0.3 is 10.2 Å². The fourth-order valence-corrected chi connectivity index (χ4v) is 6.44. The lowest BCUT2D eigenvalue weighted by Gasteiger charge is -2.35. The fourth-order valence-electron chi connectivity index (χ4n) is 4.32. The van der Waals surface area contributed by atoms with E-state index in [0.717, 1.165) is 4.31 Å². The molecule has 0 bridgehead atoms. The highest BCUT2D eigenvalue weighted by Gasteiger charge is 2.35. The van der Waals surface area contributed by atoms with E-state index in [0.29, 0.717) is 31.9 Å². The molecule has 41 heavy (non-hydrogen) atoms. The number of nitrogens with one attached hydrogen (secondary N) is 1. The van der Waals surface area contributed by atoms with Crippen molar-refractivity contribution in [2.24, 2.45) is 0 Å². The van der Waals surface area contributed by atoms with E-state index >= 15 is 0 Å². The highest BCUT2D eigenvalue weighted by atomic mass is 35.5. The number of sulfonamides is 1. The maximum Gasteiger partial charge on any atom is 0.264 e. The first-order valence-corrected chi connectivity index (χ1v) is 15.6. The average Bonchev–Trinajstić information content (AvgIpc) is 2.88. The Kier molecular flexibility index (Phi) is 10.7. The van der Waals surface area contributed by atoms with Gasteiger partial charge in [0.15, 0.2) is 0 Å². The highest BCUT2D eigenvalue weighted by Crippen LogP contribution is 2.30. The standard InChI is InChI=1S/C30H34Cl3N3O4S/c1-6-26(29(38)34-30(3,4)5)35(18-23-24(32)11-9-12-25(23)33)28(37)19-36(27-13-8-7-10-20(27)2)41(39,40)22-16-14-21(31)15-17-22/h7-17,26H,6,18-19H2,1-5H3,(H,34,38)/t26-/m0/s1. The molecule has 0 aliphatic carbocycles. The van der Waals surface area contributed by atoms with Gasteiger partial charge in [0, 0.05) is 32.7 Å². The van der Waals surface area contributed by atoms with Crippen molar-refractivity contribution in [1.29, 1.82) is 0 Å². The van der Waals surface area contributed by atoms with E-state index in [1.165, 1.54) is 29.2 Å². The zero-order valence-electron chi connectivity index (χ0n) is 23.6. The van der Waals surface area contributed by atoms with E-state index in [1.54, 1.807) is 56.3 Å². The average molecular weight is 639 g/mol. The summed E-state index contributed by atoms with van der Waals surface area (Å²) in [5.41, 5.74) is 0.871. The van der Waals surface area contributed by atoms with Crippen LogP contribution in [0, 0.1) is 6.92 Å². The summed E-state index contributed by atoms with van der Waals surface area (Å²) in [6.07, 6.45) is 0.268. The summed E-state index contributed by atoms with van der Waals surface area (Å²) >= 11 is 18.9. The van der Waals surface area contributed by atoms with Crippen molar-refractivity contribution in [3.8, 4) is 0 Å². The van der Waals surface area contributed by atoms with Crippen molar-refractivity contribution in [3.63, 3.8) is 0 Å². The molecule has 3 aromatic rings. The Balaban J connectivity index is 2.13. The molecule has 0 saturated heterocycles. The first kappa shape index (κ1) is 32.7. The van der Waals surface area contributed by atoms with Gasteiger partial charge in [0.05, 0.1) is 10.6 Å². The topological polar surface area (TPSA) is 86.8 Å². The molecule has 0 radical (unpaired) electrons. The normalized spacial score (nSPS) is 12.5. The number of hydrogen-bond acceptors (Lipinski definition) is 4. The third kappa shape index (κ3) is 8.16. The van der Waals surface area contributed by atoms with Crippen LogP contribution in [0.4, 0.5) is 5.69 Å². The number of amides is 2. The quantitative estimate of drug-likeness (QED) is 0.263. The number of nitrogens with zero attached hydrogens (tertiary/aromatic N) is 2. The molecule has 0 fully saturated rings. The number of carbonyl (C=O) groups is 2. The number of rotatable bonds is 10. The smallest absolute Gasteiger partial charge is 0.264 e. The first-order valence-electron chi connectivity index (χ1n) is 13.0. The molecule has 7 nitrogen and oxygen atoms in total. The van der Waals surface area contributed by atoms with Crippen LogP contribution in [0.25, 0.3) is 0 Å². The van der Waals surface area contributed by atoms with E-state index in [-0.39, 0.29) is 23.8 Å². The van der Waals surface area contributed by atoms with Gasteiger partial charge in [-0.3, -0.25) is 13.9 Å². The molecule has 0 saturated carbocycles. The largest absolute Gasteiger partial charge is 0.350 e. The van der Waals surface area contributed by atoms with Gasteiger partial charge in [-0.25, -0.2) is 8.42 Å². The molecule has 0 heterocycles. The van der Waals surface area contributed by atoms with Gasteiger partial charge in [-0.2, -0.15) is 0 Å². The maximum atomic E-state index is 14.2. The number of carbonyl (C=O) groups excluding carboxylic acids is 2. The lowest BCUT2D eigenvalue weighted by atomic mass is 10.1. The molecular weight excluding hydrogens is 605 g/mol. The lowest BCUT2D eigenvalue weighted by molar-refractivity contribution is -0.141. The van der Waals surface area contributed by atoms with Crippen LogP contribution in [-0.4, -0.2) is 43.3 Å². The zero-order chi connectivity index (χ0) is 30.5. The molecular formula is C30H34Cl3N3O4S. The summed E-state index contributed by atoms with van der Waals surface area (Å²) in [5.74, 6) is -0.975. The molecule has 0 aromatic heterocycles. The summed E-state index contributed by atoms with van der Waals surface area (Å²) in [6, 6.07) is 16.6. The Hall–Kier alpha value is -2.78. The zero-order valence-corrected chi connectivity index (χ0v) is 26.7. The van der Waals surface area contributed by atoms with Gasteiger partial charge in [0.25, 0.3) is 10.0 Å². The second kappa shape index (κ2) is 13.5. The van der Waals surface area contributed by atoms with Gasteiger partial charge in [-0.15, -0.1) is 0 Å².